The molecule has 0 radical (unpaired) electrons. The lowest BCUT2D eigenvalue weighted by Crippen LogP contribution is -2.65. The van der Waals surface area contributed by atoms with Crippen LogP contribution in [0.15, 0.2) is 45.9 Å². The van der Waals surface area contributed by atoms with Crippen LogP contribution in [0, 0.1) is 45.7 Å². The molecule has 12 heteroatoms. The standard InChI is InChI=1S/C48H64FN3O8/c1-26(2)9-8-10-30(44(56)57)41-34-22-38(54)43-46(5)15-14-39(27(3)33(46)13-16-47(43,6)48(34,7)24-40(41)59-28(4)53)60-45(58)32-25-52(29-11-12-29)36-23-37(51-19-17-50-18-20-51)35(49)21-31(36)42(32)55/h9,21,23,25,27,29,33-34,38-40,43,50,54H,8,10-20,22,24H2,1-7H3,(H,56,57)/t27-,33?,34+,38+,39+,40-,43+,46-,47-,48-/m0/s1. The molecule has 1 aromatic carbocycles. The smallest absolute Gasteiger partial charge is 0.343 e. The molecule has 0 bridgehead atoms. The second kappa shape index (κ2) is 15.7. The molecule has 1 aromatic heterocycles. The Bertz CT molecular complexity index is 2200. The van der Waals surface area contributed by atoms with Crippen molar-refractivity contribution in [3.05, 3.63) is 62.7 Å². The van der Waals surface area contributed by atoms with Crippen molar-refractivity contribution in [3.63, 3.8) is 0 Å². The van der Waals surface area contributed by atoms with Gasteiger partial charge in [-0.1, -0.05) is 39.3 Å². The van der Waals surface area contributed by atoms with Gasteiger partial charge in [0.2, 0.25) is 5.43 Å². The molecule has 1 aliphatic heterocycles. The van der Waals surface area contributed by atoms with Crippen LogP contribution in [0.2, 0.25) is 0 Å². The molecule has 5 aliphatic carbocycles. The first-order chi connectivity index (χ1) is 28.4. The molecule has 5 saturated carbocycles. The molecule has 1 unspecified atom stereocenters. The van der Waals surface area contributed by atoms with Crippen molar-refractivity contribution in [3.8, 4) is 0 Å². The summed E-state index contributed by atoms with van der Waals surface area (Å²) in [5.74, 6) is -2.97. The summed E-state index contributed by atoms with van der Waals surface area (Å²) in [5.41, 5.74) is 1.38. The van der Waals surface area contributed by atoms with Gasteiger partial charge in [-0.2, -0.15) is 0 Å². The van der Waals surface area contributed by atoms with Crippen molar-refractivity contribution in [1.82, 2.24) is 9.88 Å². The number of esters is 2. The first-order valence-electron chi connectivity index (χ1n) is 22.4. The molecule has 60 heavy (non-hydrogen) atoms. The van der Waals surface area contributed by atoms with E-state index in [1.165, 1.54) is 13.0 Å². The van der Waals surface area contributed by atoms with Gasteiger partial charge in [0.25, 0.3) is 0 Å². The highest BCUT2D eigenvalue weighted by atomic mass is 19.1. The number of carbonyl (C=O) groups is 3. The first kappa shape index (κ1) is 42.7. The molecule has 2 heterocycles. The quantitative estimate of drug-likeness (QED) is 0.130. The number of pyridine rings is 1. The average Bonchev–Trinajstić information content (AvgIpc) is 3.99. The average molecular weight is 830 g/mol. The van der Waals surface area contributed by atoms with E-state index in [1.54, 1.807) is 12.3 Å². The van der Waals surface area contributed by atoms with Crippen LogP contribution in [0.5, 0.6) is 0 Å². The summed E-state index contributed by atoms with van der Waals surface area (Å²) in [5, 5.41) is 26.5. The van der Waals surface area contributed by atoms with E-state index in [0.29, 0.717) is 68.4 Å². The zero-order valence-corrected chi connectivity index (χ0v) is 36.4. The number of benzene rings is 1. The zero-order valence-electron chi connectivity index (χ0n) is 36.4. The lowest BCUT2D eigenvalue weighted by molar-refractivity contribution is -0.234. The van der Waals surface area contributed by atoms with Gasteiger partial charge in [-0.3, -0.25) is 9.59 Å². The number of hydrogen-bond acceptors (Lipinski definition) is 9. The Kier molecular flexibility index (Phi) is 11.2. The van der Waals surface area contributed by atoms with E-state index in [2.05, 4.69) is 33.0 Å². The number of aliphatic carboxylic acids is 1. The number of halogens is 1. The number of carboxylic acids is 1. The van der Waals surface area contributed by atoms with Crippen molar-refractivity contribution in [2.75, 3.05) is 31.1 Å². The number of nitrogens with one attached hydrogen (secondary N) is 1. The molecular weight excluding hydrogens is 766 g/mol. The Labute approximate surface area is 352 Å². The number of rotatable bonds is 9. The Hall–Kier alpha value is -4.03. The summed E-state index contributed by atoms with van der Waals surface area (Å²) in [6, 6.07) is 3.19. The van der Waals surface area contributed by atoms with Crippen LogP contribution in [0.1, 0.15) is 129 Å². The molecule has 0 spiro atoms. The van der Waals surface area contributed by atoms with E-state index in [9.17, 15) is 29.4 Å². The van der Waals surface area contributed by atoms with E-state index < -0.39 is 58.3 Å². The van der Waals surface area contributed by atoms with Crippen molar-refractivity contribution in [2.45, 2.75) is 137 Å². The molecule has 11 nitrogen and oxygen atoms in total. The molecule has 326 valence electrons. The highest BCUT2D eigenvalue weighted by Gasteiger charge is 2.71. The molecule has 2 aromatic rings. The minimum Gasteiger partial charge on any atom is -0.478 e. The summed E-state index contributed by atoms with van der Waals surface area (Å²) in [6.45, 7) is 17.1. The Morgan fingerprint density at radius 1 is 1.00 bits per heavy atom. The van der Waals surface area contributed by atoms with Crippen LogP contribution in [0.3, 0.4) is 0 Å². The molecule has 6 fully saturated rings. The monoisotopic (exact) mass is 829 g/mol. The number of carbonyl (C=O) groups excluding carboxylic acids is 2. The van der Waals surface area contributed by atoms with Crippen molar-refractivity contribution < 1.29 is 38.5 Å². The second-order valence-electron chi connectivity index (χ2n) is 20.1. The molecule has 3 N–H and O–H groups in total. The SMILES string of the molecule is CC(=O)O[C@H]1C[C@@]2(C)[C@H](C[C@@H](O)[C@@H]3[C@@]4(C)CC[C@@H](OC(=O)c5cn(C6CC6)c6cc(N7CCNCC7)c(F)cc6c5=O)[C@@H](C)C4CC[C@@]32C)C1=C(CCC=C(C)C)C(=O)O. The Morgan fingerprint density at radius 3 is 2.37 bits per heavy atom. The third-order valence-electron chi connectivity index (χ3n) is 16.5. The fraction of sp³-hybridized carbons (Fsp3) is 0.667. The number of aromatic nitrogens is 1. The first-order valence-corrected chi connectivity index (χ1v) is 22.4. The summed E-state index contributed by atoms with van der Waals surface area (Å²) < 4.78 is 29.9. The number of nitrogens with zero attached hydrogens (tertiary/aromatic N) is 2. The minimum atomic E-state index is -1.00. The third kappa shape index (κ3) is 7.01. The van der Waals surface area contributed by atoms with Crippen LogP contribution in [-0.2, 0) is 19.1 Å². The van der Waals surface area contributed by atoms with Gasteiger partial charge in [0.05, 0.1) is 17.3 Å². The predicted octanol–water partition coefficient (Wildman–Crippen LogP) is 7.73. The summed E-state index contributed by atoms with van der Waals surface area (Å²) in [6.07, 6.45) is 8.22. The third-order valence-corrected chi connectivity index (χ3v) is 16.5. The van der Waals surface area contributed by atoms with Crippen LogP contribution < -0.4 is 15.6 Å². The number of ether oxygens (including phenoxy) is 2. The van der Waals surface area contributed by atoms with Gasteiger partial charge < -0.3 is 34.5 Å². The molecular formula is C48H64FN3O8. The number of aliphatic hydroxyl groups excluding tert-OH is 1. The van der Waals surface area contributed by atoms with Crippen LogP contribution in [-0.4, -0.2) is 77.2 Å². The molecule has 10 atom stereocenters. The van der Waals surface area contributed by atoms with Crippen LogP contribution in [0.25, 0.3) is 10.9 Å². The van der Waals surface area contributed by atoms with Crippen LogP contribution in [0.4, 0.5) is 10.1 Å². The number of aliphatic hydroxyl groups is 1. The van der Waals surface area contributed by atoms with E-state index in [-0.39, 0.29) is 51.7 Å². The second-order valence-corrected chi connectivity index (χ2v) is 20.1. The van der Waals surface area contributed by atoms with Gasteiger partial charge in [-0.15, -0.1) is 0 Å². The highest BCUT2D eigenvalue weighted by molar-refractivity contribution is 5.95. The van der Waals surface area contributed by atoms with Gasteiger partial charge in [0, 0.05) is 56.3 Å². The normalized spacial score (nSPS) is 35.8. The van der Waals surface area contributed by atoms with E-state index in [1.807, 2.05) is 29.4 Å². The molecule has 1 saturated heterocycles. The maximum Gasteiger partial charge on any atom is 0.343 e. The van der Waals surface area contributed by atoms with Crippen LogP contribution >= 0.6 is 0 Å². The van der Waals surface area contributed by atoms with Gasteiger partial charge in [0.15, 0.2) is 0 Å². The Balaban J connectivity index is 1.06. The molecule has 8 rings (SSSR count). The van der Waals surface area contributed by atoms with Gasteiger partial charge in [-0.25, -0.2) is 14.0 Å². The fourth-order valence-electron chi connectivity index (χ4n) is 13.4. The summed E-state index contributed by atoms with van der Waals surface area (Å²) >= 11 is 0. The molecule has 6 aliphatic rings. The van der Waals surface area contributed by atoms with Crippen molar-refractivity contribution >= 4 is 34.5 Å². The number of anilines is 1. The number of piperazine rings is 1. The van der Waals surface area contributed by atoms with E-state index in [4.69, 9.17) is 9.47 Å². The van der Waals surface area contributed by atoms with Gasteiger partial charge in [0.1, 0.15) is 23.6 Å². The number of fused-ring (bicyclic) bond motifs is 6. The van der Waals surface area contributed by atoms with Gasteiger partial charge >= 0.3 is 17.9 Å². The summed E-state index contributed by atoms with van der Waals surface area (Å²) in [7, 11) is 0. The maximum absolute atomic E-state index is 15.7. The number of carboxylic acid groups (broad SMARTS) is 1. The number of allylic oxidation sites excluding steroid dienone is 2. The van der Waals surface area contributed by atoms with Crippen molar-refractivity contribution in [1.29, 1.82) is 0 Å². The van der Waals surface area contributed by atoms with E-state index in [0.717, 1.165) is 44.3 Å². The predicted molar refractivity (Wildman–Crippen MR) is 227 cm³/mol. The van der Waals surface area contributed by atoms with E-state index >= 15 is 4.39 Å². The largest absolute Gasteiger partial charge is 0.478 e. The topological polar surface area (TPSA) is 147 Å². The summed E-state index contributed by atoms with van der Waals surface area (Å²) in [4.78, 5) is 55.6. The molecule has 0 amide bonds. The van der Waals surface area contributed by atoms with Gasteiger partial charge in [-0.05, 0) is 136 Å². The number of hydrogen-bond donors (Lipinski definition) is 3. The minimum absolute atomic E-state index is 0.0679. The Morgan fingerprint density at radius 2 is 1.72 bits per heavy atom. The lowest BCUT2D eigenvalue weighted by Gasteiger charge is -2.69. The highest BCUT2D eigenvalue weighted by Crippen LogP contribution is 2.74. The maximum atomic E-state index is 15.7. The fourth-order valence-corrected chi connectivity index (χ4v) is 13.4. The lowest BCUT2D eigenvalue weighted by atomic mass is 9.36. The van der Waals surface area contributed by atoms with Crippen molar-refractivity contribution in [2.24, 2.45) is 39.9 Å². The zero-order chi connectivity index (χ0) is 43.1.